The molecule has 2 atom stereocenters. The molecule has 0 saturated heterocycles. The Labute approximate surface area is 358 Å². The number of nitrogens with zero attached hydrogens (tertiary/aromatic N) is 2. The number of nitro benzene ring substituents is 2. The van der Waals surface area contributed by atoms with E-state index in [2.05, 4.69) is 141 Å². The Bertz CT molecular complexity index is 2690. The second-order valence-electron chi connectivity index (χ2n) is 9.74. The number of carbonyl (C=O) groups is 1. The van der Waals surface area contributed by atoms with Crippen LogP contribution in [0.5, 0.6) is 0 Å². The zero-order chi connectivity index (χ0) is 47.9. The van der Waals surface area contributed by atoms with Crippen molar-refractivity contribution in [1.82, 2.24) is 0 Å². The number of nitro groups is 2. The Kier molecular flexibility index (Phi) is 29.0. The smallest absolute Gasteiger partial charge is 0.419 e. The number of rotatable bonds is 8. The fourth-order valence-electron chi connectivity index (χ4n) is 3.05. The minimum absolute atomic E-state index is 0.0735. The molecule has 63 heavy (non-hydrogen) atoms. The first kappa shape index (κ1) is 55.2. The lowest BCUT2D eigenvalue weighted by Gasteiger charge is -2.20. The maximum Gasteiger partial charge on any atom is 0.419 e. The molecule has 0 aliphatic carbocycles. The zero-order valence-corrected chi connectivity index (χ0v) is 32.3. The largest absolute Gasteiger partial charge is 0.467 e. The van der Waals surface area contributed by atoms with Crippen LogP contribution in [0.2, 0.25) is 0 Å². The van der Waals surface area contributed by atoms with Gasteiger partial charge in [0.15, 0.2) is 0 Å². The van der Waals surface area contributed by atoms with Gasteiger partial charge >= 0.3 is 18.3 Å². The highest BCUT2D eigenvalue weighted by Gasteiger charge is 2.46. The molecule has 0 aliphatic heterocycles. The maximum absolute atomic E-state index is 12.6. The molecule has 0 aliphatic rings. The van der Waals surface area contributed by atoms with Crippen LogP contribution >= 0.6 is 0 Å². The molecule has 0 amide bonds. The number of anilines is 2. The Morgan fingerprint density at radius 3 is 1.24 bits per heavy atom. The van der Waals surface area contributed by atoms with Crippen molar-refractivity contribution in [2.45, 2.75) is 31.4 Å². The molecular formula is C46H24F6N4O7. The molecule has 0 aromatic heterocycles. The van der Waals surface area contributed by atoms with Gasteiger partial charge in [-0.1, -0.05) is 18.1 Å². The van der Waals surface area contributed by atoms with Crippen LogP contribution < -0.4 is 10.6 Å². The first-order chi connectivity index (χ1) is 29.9. The lowest BCUT2D eigenvalue weighted by Crippen LogP contribution is -2.43. The third-order valence-corrected chi connectivity index (χ3v) is 5.51. The summed E-state index contributed by atoms with van der Waals surface area (Å²) >= 11 is 0. The SMILES string of the molecule is C#CC#CC#CC#CC#CC#CC.C#CC#CC#CC#CC#CC#CC#C.COC(=O)C(Nc1cccc([N+](=O)[O-])c1)C(F)(F)F.O=[N+]([O-])c1cccc(NC(CO)C(F)(F)F)c1. The maximum atomic E-state index is 12.6. The molecule has 11 nitrogen and oxygen atoms in total. The van der Waals surface area contributed by atoms with Crippen LogP contribution in [0.4, 0.5) is 49.1 Å². The van der Waals surface area contributed by atoms with Crippen molar-refractivity contribution in [3.63, 3.8) is 0 Å². The zero-order valence-electron chi connectivity index (χ0n) is 32.3. The highest BCUT2D eigenvalue weighted by Crippen LogP contribution is 2.27. The molecule has 2 rings (SSSR count). The number of benzene rings is 2. The molecule has 0 radical (unpaired) electrons. The minimum Gasteiger partial charge on any atom is -0.467 e. The number of terminal acetylenes is 3. The quantitative estimate of drug-likeness (QED) is 0.110. The van der Waals surface area contributed by atoms with E-state index in [9.17, 15) is 51.4 Å². The van der Waals surface area contributed by atoms with E-state index in [0.29, 0.717) is 0 Å². The van der Waals surface area contributed by atoms with E-state index < -0.39 is 52.5 Å². The summed E-state index contributed by atoms with van der Waals surface area (Å²) in [7, 11) is 0.816. The van der Waals surface area contributed by atoms with Crippen LogP contribution in [0.1, 0.15) is 6.92 Å². The van der Waals surface area contributed by atoms with Gasteiger partial charge in [0.1, 0.15) is 6.04 Å². The van der Waals surface area contributed by atoms with Crippen molar-refractivity contribution in [2.24, 2.45) is 0 Å². The van der Waals surface area contributed by atoms with Crippen molar-refractivity contribution < 1.29 is 50.8 Å². The Morgan fingerprint density at radius 1 is 0.635 bits per heavy atom. The number of non-ortho nitro benzene ring substituents is 2. The van der Waals surface area contributed by atoms with Crippen LogP contribution in [-0.4, -0.2) is 59.1 Å². The number of nitrogens with one attached hydrogen (secondary N) is 2. The number of carbonyl (C=O) groups excluding carboxylic acids is 1. The molecule has 2 unspecified atom stereocenters. The number of halogens is 6. The number of hydrogen-bond acceptors (Lipinski definition) is 9. The lowest BCUT2D eigenvalue weighted by atomic mass is 10.2. The molecular weight excluding hydrogens is 835 g/mol. The molecule has 17 heteroatoms. The average molecular weight is 859 g/mol. The predicted octanol–water partition coefficient (Wildman–Crippen LogP) is 4.97. The fourth-order valence-corrected chi connectivity index (χ4v) is 3.05. The third-order valence-electron chi connectivity index (χ3n) is 5.51. The van der Waals surface area contributed by atoms with E-state index in [-0.39, 0.29) is 17.1 Å². The van der Waals surface area contributed by atoms with E-state index in [1.807, 2.05) is 10.6 Å². The summed E-state index contributed by atoms with van der Waals surface area (Å²) in [4.78, 5) is 30.5. The Balaban J connectivity index is 0. The molecule has 2 aromatic rings. The lowest BCUT2D eigenvalue weighted by molar-refractivity contribution is -0.385. The van der Waals surface area contributed by atoms with Crippen LogP contribution in [0.15, 0.2) is 48.5 Å². The van der Waals surface area contributed by atoms with Gasteiger partial charge in [-0.05, 0) is 149 Å². The topological polar surface area (TPSA) is 157 Å². The summed E-state index contributed by atoms with van der Waals surface area (Å²) in [5, 5.41) is 33.3. The summed E-state index contributed by atoms with van der Waals surface area (Å²) in [6.45, 7) is 0.559. The third kappa shape index (κ3) is 29.1. The number of aliphatic hydroxyl groups excluding tert-OH is 1. The van der Waals surface area contributed by atoms with Gasteiger partial charge in [-0.2, -0.15) is 26.3 Å². The van der Waals surface area contributed by atoms with Crippen LogP contribution in [0, 0.1) is 176 Å². The first-order valence-corrected chi connectivity index (χ1v) is 16.1. The Morgan fingerprint density at radius 2 is 0.968 bits per heavy atom. The number of hydrogen-bond donors (Lipinski definition) is 3. The number of methoxy groups -OCH3 is 1. The van der Waals surface area contributed by atoms with Crippen LogP contribution in [0.25, 0.3) is 0 Å². The van der Waals surface area contributed by atoms with Gasteiger partial charge in [0.2, 0.25) is 6.04 Å². The van der Waals surface area contributed by atoms with Gasteiger partial charge < -0.3 is 20.5 Å². The number of aliphatic hydroxyl groups is 1. The summed E-state index contributed by atoms with van der Waals surface area (Å²) < 4.78 is 78.8. The van der Waals surface area contributed by atoms with Crippen molar-refractivity contribution in [1.29, 1.82) is 0 Å². The van der Waals surface area contributed by atoms with E-state index in [4.69, 9.17) is 24.4 Å². The fraction of sp³-hybridized carbons (Fsp3) is 0.152. The van der Waals surface area contributed by atoms with Gasteiger partial charge in [0.25, 0.3) is 11.4 Å². The second-order valence-corrected chi connectivity index (χ2v) is 9.74. The molecule has 3 N–H and O–H groups in total. The van der Waals surface area contributed by atoms with Gasteiger partial charge in [-0.25, -0.2) is 4.79 Å². The first-order valence-electron chi connectivity index (χ1n) is 16.1. The number of alkyl halides is 6. The van der Waals surface area contributed by atoms with Gasteiger partial charge in [0.05, 0.1) is 23.6 Å². The number of esters is 1. The van der Waals surface area contributed by atoms with Crippen molar-refractivity contribution >= 4 is 28.7 Å². The molecule has 2 aromatic carbocycles. The average Bonchev–Trinajstić information content (AvgIpc) is 3.24. The Hall–Kier alpha value is -9.87. The normalized spacial score (nSPS) is 8.92. The standard InChI is InChI=1S/C14H2.C13H4.C10H9F3N2O4.C9H9F3N2O3/c1-3-5-7-9-11-13-14-12-10-8-6-4-2;1-3-5-7-9-11-13-12-10-8-6-4-2;1-19-9(16)8(10(11,12)13)14-6-3-2-4-7(5-6)15(17)18;10-9(11,12)8(5-15)13-6-2-1-3-7(4-6)14(16)17/h1-2H;1H,2H3;2-5,8,14H,1H3;1-4,8,13,15H,5H2. The summed E-state index contributed by atoms with van der Waals surface area (Å²) in [5.41, 5.74) is -0.998. The molecule has 0 bridgehead atoms. The van der Waals surface area contributed by atoms with Gasteiger partial charge in [-0.15, -0.1) is 19.3 Å². The number of ether oxygens (including phenoxy) is 1. The summed E-state index contributed by atoms with van der Waals surface area (Å²) in [6.07, 6.45) is 5.07. The predicted molar refractivity (Wildman–Crippen MR) is 222 cm³/mol. The van der Waals surface area contributed by atoms with Crippen molar-refractivity contribution in [3.8, 4) is 155 Å². The van der Waals surface area contributed by atoms with E-state index in [1.165, 1.54) is 24.3 Å². The molecule has 312 valence electrons. The highest BCUT2D eigenvalue weighted by molar-refractivity contribution is 5.80. The second kappa shape index (κ2) is 33.1. The van der Waals surface area contributed by atoms with Crippen LogP contribution in [-0.2, 0) is 9.53 Å². The highest BCUT2D eigenvalue weighted by atomic mass is 19.4. The molecule has 0 heterocycles. The van der Waals surface area contributed by atoms with E-state index in [1.54, 1.807) is 6.92 Å². The minimum atomic E-state index is -4.88. The van der Waals surface area contributed by atoms with Crippen LogP contribution in [0.3, 0.4) is 0 Å². The molecule has 0 spiro atoms. The van der Waals surface area contributed by atoms with E-state index >= 15 is 0 Å². The van der Waals surface area contributed by atoms with Gasteiger partial charge in [-0.3, -0.25) is 20.2 Å². The van der Waals surface area contributed by atoms with E-state index in [0.717, 1.165) is 31.4 Å². The van der Waals surface area contributed by atoms with Gasteiger partial charge in [0, 0.05) is 35.6 Å². The van der Waals surface area contributed by atoms with Crippen molar-refractivity contribution in [3.05, 3.63) is 68.8 Å². The molecule has 0 saturated carbocycles. The molecule has 0 fully saturated rings. The van der Waals surface area contributed by atoms with Crippen molar-refractivity contribution in [2.75, 3.05) is 24.4 Å². The summed E-state index contributed by atoms with van der Waals surface area (Å²) in [5.74, 6) is 53.7. The monoisotopic (exact) mass is 858 g/mol. The summed E-state index contributed by atoms with van der Waals surface area (Å²) in [6, 6.07) is 4.28.